The third-order valence-electron chi connectivity index (χ3n) is 4.00. The summed E-state index contributed by atoms with van der Waals surface area (Å²) < 4.78 is 0. The Morgan fingerprint density at radius 3 is 1.62 bits per heavy atom. The molecule has 0 aliphatic rings. The lowest BCUT2D eigenvalue weighted by Gasteiger charge is -2.19. The molecule has 0 aromatic heterocycles. The molecule has 0 unspecified atom stereocenters. The van der Waals surface area contributed by atoms with Crippen LogP contribution < -0.4 is 0 Å². The molecule has 2 aromatic rings. The maximum atomic E-state index is 12.8. The van der Waals surface area contributed by atoms with Crippen LogP contribution in [0.5, 0.6) is 0 Å². The Morgan fingerprint density at radius 2 is 1.15 bits per heavy atom. The van der Waals surface area contributed by atoms with Crippen molar-refractivity contribution in [1.29, 1.82) is 0 Å². The number of rotatable bonds is 8. The van der Waals surface area contributed by atoms with Gasteiger partial charge >= 0.3 is 0 Å². The first-order valence-corrected chi connectivity index (χ1v) is 8.77. The van der Waals surface area contributed by atoms with E-state index in [4.69, 9.17) is 5.11 Å². The predicted molar refractivity (Wildman–Crippen MR) is 98.6 cm³/mol. The van der Waals surface area contributed by atoms with Gasteiger partial charge in [0.05, 0.1) is 0 Å². The van der Waals surface area contributed by atoms with Gasteiger partial charge in [-0.3, -0.25) is 14.4 Å². The van der Waals surface area contributed by atoms with Crippen LogP contribution in [0.4, 0.5) is 0 Å². The van der Waals surface area contributed by atoms with Crippen LogP contribution in [-0.4, -0.2) is 34.3 Å². The van der Waals surface area contributed by atoms with Gasteiger partial charge in [-0.15, -0.1) is 0 Å². The van der Waals surface area contributed by atoms with E-state index in [0.29, 0.717) is 24.0 Å². The summed E-state index contributed by atoms with van der Waals surface area (Å²) >= 11 is 0. The minimum Gasteiger partial charge on any atom is -0.396 e. The topological polar surface area (TPSA) is 74.7 Å². The van der Waals surface area contributed by atoms with Gasteiger partial charge < -0.3 is 5.11 Å². The van der Waals surface area contributed by atoms with Crippen molar-refractivity contribution in [1.82, 2.24) is 4.90 Å². The number of imide groups is 3. The van der Waals surface area contributed by atoms with Crippen LogP contribution in [0.15, 0.2) is 60.7 Å². The normalized spacial score (nSPS) is 10.3. The minimum absolute atomic E-state index is 0.114. The molecular formula is C21H23NO4. The van der Waals surface area contributed by atoms with Gasteiger partial charge in [0.1, 0.15) is 0 Å². The molecule has 0 saturated carbocycles. The highest BCUT2D eigenvalue weighted by Gasteiger charge is 2.29. The molecule has 0 saturated heterocycles. The monoisotopic (exact) mass is 353 g/mol. The summed E-state index contributed by atoms with van der Waals surface area (Å²) in [6.45, 7) is 0.124. The maximum Gasteiger partial charge on any atom is 0.267 e. The average Bonchev–Trinajstić information content (AvgIpc) is 2.69. The van der Waals surface area contributed by atoms with Gasteiger partial charge in [0.2, 0.25) is 5.91 Å². The smallest absolute Gasteiger partial charge is 0.267 e. The second-order valence-corrected chi connectivity index (χ2v) is 5.96. The molecule has 26 heavy (non-hydrogen) atoms. The van der Waals surface area contributed by atoms with Crippen LogP contribution in [0, 0.1) is 0 Å². The third-order valence-corrected chi connectivity index (χ3v) is 4.00. The van der Waals surface area contributed by atoms with Crippen LogP contribution in [0.2, 0.25) is 0 Å². The summed E-state index contributed by atoms with van der Waals surface area (Å²) in [7, 11) is 0. The van der Waals surface area contributed by atoms with E-state index in [1.54, 1.807) is 60.7 Å². The fourth-order valence-electron chi connectivity index (χ4n) is 2.59. The van der Waals surface area contributed by atoms with Gasteiger partial charge in [0.15, 0.2) is 0 Å². The molecule has 0 radical (unpaired) electrons. The van der Waals surface area contributed by atoms with Crippen molar-refractivity contribution in [2.45, 2.75) is 32.1 Å². The molecule has 3 amide bonds. The fraction of sp³-hybridized carbons (Fsp3) is 0.286. The first kappa shape index (κ1) is 19.5. The second kappa shape index (κ2) is 10.3. The summed E-state index contributed by atoms with van der Waals surface area (Å²) in [5.74, 6) is -1.73. The Morgan fingerprint density at radius 1 is 0.692 bits per heavy atom. The van der Waals surface area contributed by atoms with Crippen LogP contribution in [0.3, 0.4) is 0 Å². The molecule has 136 valence electrons. The Balaban J connectivity index is 2.17. The van der Waals surface area contributed by atoms with Crippen molar-refractivity contribution in [3.63, 3.8) is 0 Å². The van der Waals surface area contributed by atoms with Gasteiger partial charge in [0.25, 0.3) is 11.8 Å². The van der Waals surface area contributed by atoms with Crippen molar-refractivity contribution in [3.8, 4) is 0 Å². The Hall–Kier alpha value is -2.79. The fourth-order valence-corrected chi connectivity index (χ4v) is 2.59. The molecule has 0 heterocycles. The van der Waals surface area contributed by atoms with E-state index in [9.17, 15) is 14.4 Å². The molecule has 0 aliphatic heterocycles. The number of carbonyl (C=O) groups excluding carboxylic acids is 3. The van der Waals surface area contributed by atoms with Crippen molar-refractivity contribution < 1.29 is 19.5 Å². The lowest BCUT2D eigenvalue weighted by Crippen LogP contribution is -2.41. The van der Waals surface area contributed by atoms with Gasteiger partial charge in [-0.05, 0) is 37.1 Å². The quantitative estimate of drug-likeness (QED) is 0.583. The van der Waals surface area contributed by atoms with Crippen LogP contribution >= 0.6 is 0 Å². The molecule has 5 heteroatoms. The molecule has 0 spiro atoms. The van der Waals surface area contributed by atoms with Crippen LogP contribution in [0.1, 0.15) is 52.8 Å². The van der Waals surface area contributed by atoms with E-state index in [0.717, 1.165) is 17.7 Å². The summed E-state index contributed by atoms with van der Waals surface area (Å²) in [5, 5.41) is 8.80. The molecule has 0 bridgehead atoms. The van der Waals surface area contributed by atoms with Gasteiger partial charge in [-0.25, -0.2) is 4.90 Å². The predicted octanol–water partition coefficient (Wildman–Crippen LogP) is 3.44. The minimum atomic E-state index is -0.611. The lowest BCUT2D eigenvalue weighted by atomic mass is 10.1. The SMILES string of the molecule is O=C(CCCCCCO)N(C(=O)c1ccccc1)C(=O)c1ccccc1. The third kappa shape index (κ3) is 5.36. The molecule has 1 N–H and O–H groups in total. The van der Waals surface area contributed by atoms with E-state index in [1.165, 1.54) is 0 Å². The zero-order chi connectivity index (χ0) is 18.8. The molecule has 2 aromatic carbocycles. The summed E-state index contributed by atoms with van der Waals surface area (Å²) in [6, 6.07) is 16.6. The zero-order valence-electron chi connectivity index (χ0n) is 14.6. The summed E-state index contributed by atoms with van der Waals surface area (Å²) in [6.07, 6.45) is 2.94. The highest BCUT2D eigenvalue weighted by atomic mass is 16.3. The molecule has 0 aliphatic carbocycles. The highest BCUT2D eigenvalue weighted by Crippen LogP contribution is 2.14. The Bertz CT molecular complexity index is 677. The number of aliphatic hydroxyl groups is 1. The highest BCUT2D eigenvalue weighted by molar-refractivity contribution is 6.20. The van der Waals surface area contributed by atoms with E-state index < -0.39 is 17.7 Å². The Labute approximate surface area is 153 Å². The van der Waals surface area contributed by atoms with Gasteiger partial charge in [-0.2, -0.15) is 0 Å². The molecular weight excluding hydrogens is 330 g/mol. The lowest BCUT2D eigenvalue weighted by molar-refractivity contribution is -0.126. The Kier molecular flexibility index (Phi) is 7.71. The molecule has 5 nitrogen and oxygen atoms in total. The van der Waals surface area contributed by atoms with Crippen molar-refractivity contribution in [2.75, 3.05) is 6.61 Å². The van der Waals surface area contributed by atoms with Crippen LogP contribution in [0.25, 0.3) is 0 Å². The van der Waals surface area contributed by atoms with E-state index in [-0.39, 0.29) is 13.0 Å². The first-order valence-electron chi connectivity index (χ1n) is 8.77. The number of hydrogen-bond donors (Lipinski definition) is 1. The average molecular weight is 353 g/mol. The maximum absolute atomic E-state index is 12.8. The molecule has 0 fully saturated rings. The van der Waals surface area contributed by atoms with Gasteiger partial charge in [0, 0.05) is 24.2 Å². The van der Waals surface area contributed by atoms with Crippen molar-refractivity contribution >= 4 is 17.7 Å². The van der Waals surface area contributed by atoms with Gasteiger partial charge in [-0.1, -0.05) is 49.2 Å². The van der Waals surface area contributed by atoms with E-state index in [2.05, 4.69) is 0 Å². The number of aliphatic hydroxyl groups excluding tert-OH is 1. The number of benzene rings is 2. The first-order chi connectivity index (χ1) is 12.6. The largest absolute Gasteiger partial charge is 0.396 e. The second-order valence-electron chi connectivity index (χ2n) is 5.96. The standard InChI is InChI=1S/C21H23NO4/c23-16-10-2-1-9-15-19(24)22(20(25)17-11-5-3-6-12-17)21(26)18-13-7-4-8-14-18/h3-8,11-14,23H,1-2,9-10,15-16H2. The zero-order valence-corrected chi connectivity index (χ0v) is 14.6. The van der Waals surface area contributed by atoms with Crippen LogP contribution in [-0.2, 0) is 4.79 Å². The summed E-state index contributed by atoms with van der Waals surface area (Å²) in [4.78, 5) is 39.0. The summed E-state index contributed by atoms with van der Waals surface area (Å²) in [5.41, 5.74) is 0.593. The number of amides is 3. The van der Waals surface area contributed by atoms with E-state index >= 15 is 0 Å². The van der Waals surface area contributed by atoms with Crippen molar-refractivity contribution in [3.05, 3.63) is 71.8 Å². The van der Waals surface area contributed by atoms with E-state index in [1.807, 2.05) is 0 Å². The number of nitrogens with zero attached hydrogens (tertiary/aromatic N) is 1. The molecule has 0 atom stereocenters. The number of carbonyl (C=O) groups is 3. The number of unbranched alkanes of at least 4 members (excludes halogenated alkanes) is 3. The van der Waals surface area contributed by atoms with Crippen molar-refractivity contribution in [2.24, 2.45) is 0 Å². The molecule has 2 rings (SSSR count). The number of hydrogen-bond acceptors (Lipinski definition) is 4.